The number of benzene rings is 2. The van der Waals surface area contributed by atoms with Crippen molar-refractivity contribution in [3.05, 3.63) is 59.2 Å². The smallest absolute Gasteiger partial charge is 0.242 e. The number of amides is 2. The first-order valence-corrected chi connectivity index (χ1v) is 11.4. The van der Waals surface area contributed by atoms with E-state index in [1.165, 1.54) is 0 Å². The van der Waals surface area contributed by atoms with Gasteiger partial charge in [-0.05, 0) is 55.0 Å². The number of carbonyl (C=O) groups is 2. The second kappa shape index (κ2) is 11.0. The fourth-order valence-corrected chi connectivity index (χ4v) is 3.64. The molecule has 1 heterocycles. The molecule has 172 valence electrons. The largest absolute Gasteiger partial charge is 0.486 e. The normalized spacial score (nSPS) is 13.5. The van der Waals surface area contributed by atoms with Crippen molar-refractivity contribution in [2.24, 2.45) is 5.92 Å². The minimum Gasteiger partial charge on any atom is -0.486 e. The van der Waals surface area contributed by atoms with Crippen LogP contribution in [0, 0.1) is 12.8 Å². The maximum Gasteiger partial charge on any atom is 0.242 e. The van der Waals surface area contributed by atoms with Gasteiger partial charge >= 0.3 is 0 Å². The average Bonchev–Trinajstić information content (AvgIpc) is 2.79. The number of aryl methyl sites for hydroxylation is 2. The summed E-state index contributed by atoms with van der Waals surface area (Å²) in [5.41, 5.74) is 3.16. The Morgan fingerprint density at radius 1 is 1.03 bits per heavy atom. The molecule has 0 fully saturated rings. The third-order valence-corrected chi connectivity index (χ3v) is 5.69. The predicted molar refractivity (Wildman–Crippen MR) is 125 cm³/mol. The summed E-state index contributed by atoms with van der Waals surface area (Å²) in [5.74, 6) is 1.64. The monoisotopic (exact) mass is 438 g/mol. The van der Waals surface area contributed by atoms with Gasteiger partial charge in [-0.3, -0.25) is 9.59 Å². The SMILES string of the molecule is Cc1ccccc1CN(C(=O)CCc1ccc2c(c1)OCCO2)[C@H](C)C(=O)NCC(C)C. The quantitative estimate of drug-likeness (QED) is 0.645. The molecule has 1 aliphatic heterocycles. The van der Waals surface area contributed by atoms with E-state index in [1.54, 1.807) is 11.8 Å². The third kappa shape index (κ3) is 6.25. The molecule has 0 radical (unpaired) electrons. The zero-order valence-electron chi connectivity index (χ0n) is 19.5. The van der Waals surface area contributed by atoms with Crippen LogP contribution in [0.15, 0.2) is 42.5 Å². The molecule has 0 aliphatic carbocycles. The van der Waals surface area contributed by atoms with Crippen LogP contribution in [0.1, 0.15) is 43.9 Å². The molecule has 2 amide bonds. The lowest BCUT2D eigenvalue weighted by atomic mass is 10.0. The first-order valence-electron chi connectivity index (χ1n) is 11.4. The van der Waals surface area contributed by atoms with Crippen molar-refractivity contribution in [1.29, 1.82) is 0 Å². The van der Waals surface area contributed by atoms with E-state index in [0.717, 1.165) is 28.2 Å². The summed E-state index contributed by atoms with van der Waals surface area (Å²) in [6.45, 7) is 10.0. The lowest BCUT2D eigenvalue weighted by Crippen LogP contribution is -2.48. The minimum atomic E-state index is -0.555. The van der Waals surface area contributed by atoms with Crippen molar-refractivity contribution >= 4 is 11.8 Å². The summed E-state index contributed by atoms with van der Waals surface area (Å²) in [6, 6.07) is 13.2. The first kappa shape index (κ1) is 23.6. The van der Waals surface area contributed by atoms with Crippen LogP contribution in [0.2, 0.25) is 0 Å². The van der Waals surface area contributed by atoms with Crippen molar-refractivity contribution < 1.29 is 19.1 Å². The summed E-state index contributed by atoms with van der Waals surface area (Å²) < 4.78 is 11.2. The van der Waals surface area contributed by atoms with Gasteiger partial charge in [0.1, 0.15) is 19.3 Å². The molecule has 0 saturated carbocycles. The number of hydrogen-bond donors (Lipinski definition) is 1. The fraction of sp³-hybridized carbons (Fsp3) is 0.462. The molecule has 0 unspecified atom stereocenters. The number of ether oxygens (including phenoxy) is 2. The fourth-order valence-electron chi connectivity index (χ4n) is 3.64. The Balaban J connectivity index is 1.71. The summed E-state index contributed by atoms with van der Waals surface area (Å²) in [5, 5.41) is 2.96. The van der Waals surface area contributed by atoms with Crippen LogP contribution in [0.4, 0.5) is 0 Å². The molecular formula is C26H34N2O4. The second-order valence-electron chi connectivity index (χ2n) is 8.74. The van der Waals surface area contributed by atoms with Crippen molar-refractivity contribution in [2.75, 3.05) is 19.8 Å². The van der Waals surface area contributed by atoms with Crippen LogP contribution in [0.3, 0.4) is 0 Å². The van der Waals surface area contributed by atoms with Crippen molar-refractivity contribution in [2.45, 2.75) is 53.1 Å². The maximum absolute atomic E-state index is 13.3. The molecule has 0 saturated heterocycles. The van der Waals surface area contributed by atoms with E-state index in [9.17, 15) is 9.59 Å². The van der Waals surface area contributed by atoms with Gasteiger partial charge in [0.15, 0.2) is 11.5 Å². The standard InChI is InChI=1S/C26H34N2O4/c1-18(2)16-27-26(30)20(4)28(17-22-8-6-5-7-19(22)3)25(29)12-10-21-9-11-23-24(15-21)32-14-13-31-23/h5-9,11,15,18,20H,10,12-14,16-17H2,1-4H3,(H,27,30)/t20-/m1/s1. The zero-order chi connectivity index (χ0) is 23.1. The molecule has 0 bridgehead atoms. The third-order valence-electron chi connectivity index (χ3n) is 5.69. The summed E-state index contributed by atoms with van der Waals surface area (Å²) >= 11 is 0. The highest BCUT2D eigenvalue weighted by Gasteiger charge is 2.26. The molecule has 1 N–H and O–H groups in total. The Morgan fingerprint density at radius 2 is 1.75 bits per heavy atom. The summed E-state index contributed by atoms with van der Waals surface area (Å²) in [6.07, 6.45) is 0.882. The van der Waals surface area contributed by atoms with Crippen LogP contribution in [0.25, 0.3) is 0 Å². The van der Waals surface area contributed by atoms with Crippen molar-refractivity contribution in [3.63, 3.8) is 0 Å². The number of nitrogens with zero attached hydrogens (tertiary/aromatic N) is 1. The van der Waals surface area contributed by atoms with Crippen LogP contribution >= 0.6 is 0 Å². The van der Waals surface area contributed by atoms with E-state index in [1.807, 2.05) is 49.4 Å². The Kier molecular flexibility index (Phi) is 8.14. The van der Waals surface area contributed by atoms with Gasteiger partial charge in [0, 0.05) is 19.5 Å². The molecule has 1 aliphatic rings. The Hall–Kier alpha value is -3.02. The average molecular weight is 439 g/mol. The van der Waals surface area contributed by atoms with E-state index < -0.39 is 6.04 Å². The van der Waals surface area contributed by atoms with E-state index in [4.69, 9.17) is 9.47 Å². The highest BCUT2D eigenvalue weighted by Crippen LogP contribution is 2.31. The van der Waals surface area contributed by atoms with Gasteiger partial charge < -0.3 is 19.7 Å². The van der Waals surface area contributed by atoms with E-state index in [0.29, 0.717) is 45.1 Å². The first-order chi connectivity index (χ1) is 15.3. The van der Waals surface area contributed by atoms with Crippen LogP contribution < -0.4 is 14.8 Å². The summed E-state index contributed by atoms with van der Waals surface area (Å²) in [7, 11) is 0. The van der Waals surface area contributed by atoms with Gasteiger partial charge in [-0.1, -0.05) is 44.2 Å². The zero-order valence-corrected chi connectivity index (χ0v) is 19.5. The molecule has 1 atom stereocenters. The van der Waals surface area contributed by atoms with E-state index in [2.05, 4.69) is 19.2 Å². The van der Waals surface area contributed by atoms with Crippen molar-refractivity contribution in [1.82, 2.24) is 10.2 Å². The van der Waals surface area contributed by atoms with Gasteiger partial charge in [-0.15, -0.1) is 0 Å². The van der Waals surface area contributed by atoms with Gasteiger partial charge in [-0.2, -0.15) is 0 Å². The number of carbonyl (C=O) groups excluding carboxylic acids is 2. The molecule has 32 heavy (non-hydrogen) atoms. The molecule has 3 rings (SSSR count). The number of hydrogen-bond acceptors (Lipinski definition) is 4. The molecule has 2 aromatic rings. The number of rotatable bonds is 9. The lowest BCUT2D eigenvalue weighted by molar-refractivity contribution is -0.140. The van der Waals surface area contributed by atoms with Crippen LogP contribution in [-0.2, 0) is 22.6 Å². The lowest BCUT2D eigenvalue weighted by Gasteiger charge is -2.29. The van der Waals surface area contributed by atoms with Gasteiger partial charge in [0.2, 0.25) is 11.8 Å². The maximum atomic E-state index is 13.3. The van der Waals surface area contributed by atoms with Crippen LogP contribution in [0.5, 0.6) is 11.5 Å². The Labute approximate surface area is 190 Å². The van der Waals surface area contributed by atoms with E-state index >= 15 is 0 Å². The summed E-state index contributed by atoms with van der Waals surface area (Å²) in [4.78, 5) is 27.8. The number of nitrogens with one attached hydrogen (secondary N) is 1. The predicted octanol–water partition coefficient (Wildman–Crippen LogP) is 3.89. The van der Waals surface area contributed by atoms with Gasteiger partial charge in [0.25, 0.3) is 0 Å². The second-order valence-corrected chi connectivity index (χ2v) is 8.74. The molecule has 2 aromatic carbocycles. The molecule has 6 heteroatoms. The minimum absolute atomic E-state index is 0.0460. The van der Waals surface area contributed by atoms with E-state index in [-0.39, 0.29) is 11.8 Å². The molecule has 0 aromatic heterocycles. The molecule has 0 spiro atoms. The molecule has 6 nitrogen and oxygen atoms in total. The highest BCUT2D eigenvalue weighted by atomic mass is 16.6. The topological polar surface area (TPSA) is 67.9 Å². The Bertz CT molecular complexity index is 941. The van der Waals surface area contributed by atoms with Crippen molar-refractivity contribution in [3.8, 4) is 11.5 Å². The molecular weight excluding hydrogens is 404 g/mol. The van der Waals surface area contributed by atoms with Gasteiger partial charge in [-0.25, -0.2) is 0 Å². The van der Waals surface area contributed by atoms with Gasteiger partial charge in [0.05, 0.1) is 0 Å². The number of fused-ring (bicyclic) bond motifs is 1. The highest BCUT2D eigenvalue weighted by molar-refractivity contribution is 5.87. The Morgan fingerprint density at radius 3 is 2.47 bits per heavy atom. The van der Waals surface area contributed by atoms with Crippen LogP contribution in [-0.4, -0.2) is 42.5 Å².